The van der Waals surface area contributed by atoms with Crippen LogP contribution in [0.5, 0.6) is 0 Å². The summed E-state index contributed by atoms with van der Waals surface area (Å²) in [7, 11) is 0. The molecule has 0 saturated carbocycles. The van der Waals surface area contributed by atoms with Crippen LogP contribution in [0.3, 0.4) is 0 Å². The van der Waals surface area contributed by atoms with Crippen molar-refractivity contribution in [3.05, 3.63) is 36.4 Å². The van der Waals surface area contributed by atoms with Crippen LogP contribution in [0.2, 0.25) is 0 Å². The fraction of sp³-hybridized carbons (Fsp3) is 0.471. The number of para-hydroxylation sites is 1. The van der Waals surface area contributed by atoms with Gasteiger partial charge in [0, 0.05) is 30.0 Å². The van der Waals surface area contributed by atoms with Gasteiger partial charge in [-0.25, -0.2) is 4.98 Å². The van der Waals surface area contributed by atoms with E-state index in [0.717, 1.165) is 36.7 Å². The number of anilines is 1. The quantitative estimate of drug-likeness (QED) is 0.715. The molecule has 0 atom stereocenters. The molecule has 0 unspecified atom stereocenters. The Morgan fingerprint density at radius 3 is 2.67 bits per heavy atom. The lowest BCUT2D eigenvalue weighted by atomic mass is 10.2. The zero-order valence-corrected chi connectivity index (χ0v) is 13.8. The minimum Gasteiger partial charge on any atom is -0.369 e. The number of hydrogen-bond acceptors (Lipinski definition) is 4. The van der Waals surface area contributed by atoms with E-state index in [4.69, 9.17) is 0 Å². The predicted octanol–water partition coefficient (Wildman–Crippen LogP) is 3.72. The summed E-state index contributed by atoms with van der Waals surface area (Å²) in [6.45, 7) is 8.90. The second kappa shape index (κ2) is 8.90. The number of benzene rings is 1. The maximum atomic E-state index is 4.62. The summed E-state index contributed by atoms with van der Waals surface area (Å²) in [5.74, 6) is 3.29. The number of aromatic nitrogens is 1. The Kier molecular flexibility index (Phi) is 6.83. The molecule has 0 aliphatic rings. The number of hydrogen-bond donors (Lipinski definition) is 1. The number of pyridine rings is 1. The third-order valence-electron chi connectivity index (χ3n) is 3.60. The van der Waals surface area contributed by atoms with E-state index in [1.807, 2.05) is 23.9 Å². The van der Waals surface area contributed by atoms with Crippen molar-refractivity contribution in [3.63, 3.8) is 0 Å². The van der Waals surface area contributed by atoms with Crippen molar-refractivity contribution < 1.29 is 0 Å². The molecular formula is C17H25N3S. The van der Waals surface area contributed by atoms with E-state index in [0.29, 0.717) is 0 Å². The maximum absolute atomic E-state index is 4.62. The largest absolute Gasteiger partial charge is 0.369 e. The molecule has 0 spiro atoms. The van der Waals surface area contributed by atoms with Gasteiger partial charge in [0.15, 0.2) is 0 Å². The lowest BCUT2D eigenvalue weighted by Crippen LogP contribution is -2.25. The van der Waals surface area contributed by atoms with Crippen molar-refractivity contribution in [3.8, 4) is 0 Å². The Balaban J connectivity index is 1.68. The van der Waals surface area contributed by atoms with Gasteiger partial charge in [-0.3, -0.25) is 0 Å². The Bertz CT molecular complexity index is 540. The number of rotatable bonds is 9. The van der Waals surface area contributed by atoms with Gasteiger partial charge >= 0.3 is 0 Å². The van der Waals surface area contributed by atoms with Crippen LogP contribution >= 0.6 is 11.8 Å². The molecule has 0 aliphatic carbocycles. The molecule has 0 aliphatic heterocycles. The SMILES string of the molecule is CCN(CC)CCSCCNc1ccc2ccccc2n1. The first-order valence-electron chi connectivity index (χ1n) is 7.73. The summed E-state index contributed by atoms with van der Waals surface area (Å²) >= 11 is 2.00. The molecule has 21 heavy (non-hydrogen) atoms. The Labute approximate surface area is 132 Å². The molecule has 2 rings (SSSR count). The smallest absolute Gasteiger partial charge is 0.126 e. The van der Waals surface area contributed by atoms with E-state index >= 15 is 0 Å². The minimum atomic E-state index is 0.967. The van der Waals surface area contributed by atoms with E-state index in [-0.39, 0.29) is 0 Å². The van der Waals surface area contributed by atoms with E-state index in [9.17, 15) is 0 Å². The first kappa shape index (κ1) is 16.1. The van der Waals surface area contributed by atoms with Crippen LogP contribution in [-0.4, -0.2) is 47.6 Å². The van der Waals surface area contributed by atoms with E-state index < -0.39 is 0 Å². The van der Waals surface area contributed by atoms with Crippen LogP contribution in [0.1, 0.15) is 13.8 Å². The van der Waals surface area contributed by atoms with Crippen LogP contribution in [0, 0.1) is 0 Å². The van der Waals surface area contributed by atoms with Gasteiger partial charge in [-0.1, -0.05) is 32.0 Å². The molecule has 0 bridgehead atoms. The first-order chi connectivity index (χ1) is 10.3. The highest BCUT2D eigenvalue weighted by molar-refractivity contribution is 7.99. The van der Waals surface area contributed by atoms with Crippen molar-refractivity contribution in [2.75, 3.05) is 43.0 Å². The summed E-state index contributed by atoms with van der Waals surface area (Å²) in [5.41, 5.74) is 1.05. The number of nitrogens with zero attached hydrogens (tertiary/aromatic N) is 2. The lowest BCUT2D eigenvalue weighted by Gasteiger charge is -2.17. The van der Waals surface area contributed by atoms with Crippen molar-refractivity contribution in [1.29, 1.82) is 0 Å². The first-order valence-corrected chi connectivity index (χ1v) is 8.88. The van der Waals surface area contributed by atoms with Gasteiger partial charge in [0.05, 0.1) is 5.52 Å². The molecular weight excluding hydrogens is 278 g/mol. The van der Waals surface area contributed by atoms with Crippen molar-refractivity contribution in [1.82, 2.24) is 9.88 Å². The molecule has 4 heteroatoms. The fourth-order valence-corrected chi connectivity index (χ4v) is 3.09. The molecule has 1 N–H and O–H groups in total. The summed E-state index contributed by atoms with van der Waals surface area (Å²) in [6.07, 6.45) is 0. The molecule has 1 aromatic heterocycles. The number of thioether (sulfide) groups is 1. The summed E-state index contributed by atoms with van der Waals surface area (Å²) in [6, 6.07) is 12.4. The summed E-state index contributed by atoms with van der Waals surface area (Å²) in [4.78, 5) is 7.08. The molecule has 0 radical (unpaired) electrons. The van der Waals surface area contributed by atoms with Crippen molar-refractivity contribution in [2.24, 2.45) is 0 Å². The van der Waals surface area contributed by atoms with Crippen LogP contribution in [0.25, 0.3) is 10.9 Å². The van der Waals surface area contributed by atoms with E-state index in [1.165, 1.54) is 17.7 Å². The van der Waals surface area contributed by atoms with E-state index in [1.54, 1.807) is 0 Å². The fourth-order valence-electron chi connectivity index (χ4n) is 2.25. The lowest BCUT2D eigenvalue weighted by molar-refractivity contribution is 0.324. The summed E-state index contributed by atoms with van der Waals surface area (Å²) < 4.78 is 0. The topological polar surface area (TPSA) is 28.2 Å². The van der Waals surface area contributed by atoms with Gasteiger partial charge in [0.2, 0.25) is 0 Å². The van der Waals surface area contributed by atoms with Gasteiger partial charge in [-0.2, -0.15) is 11.8 Å². The van der Waals surface area contributed by atoms with Gasteiger partial charge in [-0.15, -0.1) is 0 Å². The molecule has 1 heterocycles. The highest BCUT2D eigenvalue weighted by Gasteiger charge is 1.99. The van der Waals surface area contributed by atoms with Crippen molar-refractivity contribution >= 4 is 28.5 Å². The highest BCUT2D eigenvalue weighted by atomic mass is 32.2. The standard InChI is InChI=1S/C17H25N3S/c1-3-20(4-2)12-14-21-13-11-18-17-10-9-15-7-5-6-8-16(15)19-17/h5-10H,3-4,11-14H2,1-2H3,(H,18,19). The highest BCUT2D eigenvalue weighted by Crippen LogP contribution is 2.14. The van der Waals surface area contributed by atoms with Gasteiger partial charge in [0.1, 0.15) is 5.82 Å². The second-order valence-corrected chi connectivity index (χ2v) is 6.18. The zero-order chi connectivity index (χ0) is 14.9. The third kappa shape index (κ3) is 5.21. The Morgan fingerprint density at radius 1 is 1.05 bits per heavy atom. The molecule has 2 aromatic rings. The second-order valence-electron chi connectivity index (χ2n) is 4.96. The van der Waals surface area contributed by atoms with Crippen LogP contribution in [-0.2, 0) is 0 Å². The molecule has 0 amide bonds. The van der Waals surface area contributed by atoms with E-state index in [2.05, 4.69) is 53.3 Å². The number of fused-ring (bicyclic) bond motifs is 1. The average Bonchev–Trinajstić information content (AvgIpc) is 2.54. The number of nitrogens with one attached hydrogen (secondary N) is 1. The maximum Gasteiger partial charge on any atom is 0.126 e. The van der Waals surface area contributed by atoms with Crippen LogP contribution < -0.4 is 5.32 Å². The molecule has 3 nitrogen and oxygen atoms in total. The molecule has 1 aromatic carbocycles. The summed E-state index contributed by atoms with van der Waals surface area (Å²) in [5, 5.41) is 4.60. The van der Waals surface area contributed by atoms with Gasteiger partial charge in [-0.05, 0) is 31.3 Å². The third-order valence-corrected chi connectivity index (χ3v) is 4.56. The zero-order valence-electron chi connectivity index (χ0n) is 13.0. The van der Waals surface area contributed by atoms with Crippen LogP contribution in [0.4, 0.5) is 5.82 Å². The predicted molar refractivity (Wildman–Crippen MR) is 95.3 cm³/mol. The van der Waals surface area contributed by atoms with Crippen LogP contribution in [0.15, 0.2) is 36.4 Å². The Morgan fingerprint density at radius 2 is 1.86 bits per heavy atom. The molecule has 0 saturated heterocycles. The molecule has 114 valence electrons. The normalized spacial score (nSPS) is 11.2. The van der Waals surface area contributed by atoms with Gasteiger partial charge < -0.3 is 10.2 Å². The van der Waals surface area contributed by atoms with Crippen molar-refractivity contribution in [2.45, 2.75) is 13.8 Å². The minimum absolute atomic E-state index is 0.967. The monoisotopic (exact) mass is 303 g/mol. The van der Waals surface area contributed by atoms with Gasteiger partial charge in [0.25, 0.3) is 0 Å². The Hall–Kier alpha value is -1.26. The molecule has 0 fully saturated rings. The average molecular weight is 303 g/mol.